The molecule has 2 rings (SSSR count). The third-order valence-corrected chi connectivity index (χ3v) is 2.58. The molecule has 1 aromatic carbocycles. The Morgan fingerprint density at radius 2 is 2.31 bits per heavy atom. The summed E-state index contributed by atoms with van der Waals surface area (Å²) in [6.07, 6.45) is 0. The van der Waals surface area contributed by atoms with Crippen LogP contribution in [0.25, 0.3) is 0 Å². The van der Waals surface area contributed by atoms with Gasteiger partial charge in [0.25, 0.3) is 5.91 Å². The molecule has 0 spiro atoms. The molecule has 0 fully saturated rings. The van der Waals surface area contributed by atoms with Gasteiger partial charge in [0.2, 0.25) is 5.13 Å². The van der Waals surface area contributed by atoms with Crippen LogP contribution in [0.4, 0.5) is 5.13 Å². The summed E-state index contributed by atoms with van der Waals surface area (Å²) in [6.45, 7) is 1.67. The Kier molecular flexibility index (Phi) is 2.78. The Hall–Kier alpha value is -2.02. The zero-order chi connectivity index (χ0) is 11.5. The van der Waals surface area contributed by atoms with Crippen LogP contribution in [0, 0.1) is 6.92 Å². The summed E-state index contributed by atoms with van der Waals surface area (Å²) in [5, 5.41) is 19.3. The molecule has 0 unspecified atom stereocenters. The number of hydrogen-bond donors (Lipinski definition) is 2. The lowest BCUT2D eigenvalue weighted by molar-refractivity contribution is 0.102. The second-order valence-corrected chi connectivity index (χ2v) is 3.80. The second-order valence-electron chi connectivity index (χ2n) is 3.07. The average Bonchev–Trinajstić information content (AvgIpc) is 2.74. The highest BCUT2D eigenvalue weighted by molar-refractivity contribution is 7.09. The maximum Gasteiger partial charge on any atom is 0.257 e. The number of nitrogens with one attached hydrogen (secondary N) is 1. The maximum absolute atomic E-state index is 11.8. The van der Waals surface area contributed by atoms with Crippen LogP contribution in [0.5, 0.6) is 5.75 Å². The van der Waals surface area contributed by atoms with Gasteiger partial charge in [-0.15, -0.1) is 0 Å². The van der Waals surface area contributed by atoms with Crippen LogP contribution in [0.1, 0.15) is 15.9 Å². The SMILES string of the molecule is Cc1c(O)cccc1C(=O)Nc1nnns1. The van der Waals surface area contributed by atoms with Crippen LogP contribution in [0.15, 0.2) is 18.2 Å². The van der Waals surface area contributed by atoms with E-state index in [4.69, 9.17) is 0 Å². The minimum atomic E-state index is -0.341. The second kappa shape index (κ2) is 4.23. The Morgan fingerprint density at radius 1 is 1.50 bits per heavy atom. The van der Waals surface area contributed by atoms with E-state index in [0.717, 1.165) is 11.5 Å². The minimum absolute atomic E-state index is 0.0861. The molecule has 2 aromatic rings. The van der Waals surface area contributed by atoms with Crippen LogP contribution in [-0.4, -0.2) is 25.8 Å². The Balaban J connectivity index is 2.24. The zero-order valence-electron chi connectivity index (χ0n) is 8.34. The number of carbonyl (C=O) groups is 1. The number of phenolic OH excluding ortho intramolecular Hbond substituents is 1. The number of rotatable bonds is 2. The summed E-state index contributed by atoms with van der Waals surface area (Å²) in [7, 11) is 0. The predicted octanol–water partition coefficient (Wildman–Crippen LogP) is 1.20. The number of anilines is 1. The summed E-state index contributed by atoms with van der Waals surface area (Å²) in [5.41, 5.74) is 0.924. The Bertz CT molecular complexity index is 512. The van der Waals surface area contributed by atoms with Crippen molar-refractivity contribution in [1.29, 1.82) is 0 Å². The summed E-state index contributed by atoms with van der Waals surface area (Å²) in [4.78, 5) is 11.8. The smallest absolute Gasteiger partial charge is 0.257 e. The van der Waals surface area contributed by atoms with Gasteiger partial charge in [0, 0.05) is 22.7 Å². The molecular weight excluding hydrogens is 228 g/mol. The summed E-state index contributed by atoms with van der Waals surface area (Å²) < 4.78 is 3.53. The third kappa shape index (κ3) is 1.98. The molecule has 0 aliphatic carbocycles. The minimum Gasteiger partial charge on any atom is -0.508 e. The van der Waals surface area contributed by atoms with Gasteiger partial charge in [0.15, 0.2) is 0 Å². The van der Waals surface area contributed by atoms with E-state index in [-0.39, 0.29) is 11.7 Å². The van der Waals surface area contributed by atoms with Gasteiger partial charge >= 0.3 is 0 Å². The molecule has 6 nitrogen and oxygen atoms in total. The van der Waals surface area contributed by atoms with Gasteiger partial charge in [-0.2, -0.15) is 0 Å². The van der Waals surface area contributed by atoms with Crippen LogP contribution in [0.3, 0.4) is 0 Å². The van der Waals surface area contributed by atoms with Gasteiger partial charge in [-0.05, 0) is 24.3 Å². The van der Waals surface area contributed by atoms with E-state index in [1.807, 2.05) is 0 Å². The molecule has 0 saturated carbocycles. The molecule has 0 aliphatic rings. The van der Waals surface area contributed by atoms with E-state index in [1.54, 1.807) is 19.1 Å². The lowest BCUT2D eigenvalue weighted by atomic mass is 10.1. The van der Waals surface area contributed by atoms with Gasteiger partial charge in [-0.25, -0.2) is 0 Å². The van der Waals surface area contributed by atoms with Crippen molar-refractivity contribution in [2.24, 2.45) is 0 Å². The molecule has 1 amide bonds. The van der Waals surface area contributed by atoms with E-state index in [2.05, 4.69) is 20.1 Å². The highest BCUT2D eigenvalue weighted by atomic mass is 32.1. The van der Waals surface area contributed by atoms with Crippen LogP contribution in [0.2, 0.25) is 0 Å². The number of aromatic nitrogens is 3. The van der Waals surface area contributed by atoms with E-state index >= 15 is 0 Å². The summed E-state index contributed by atoms with van der Waals surface area (Å²) >= 11 is 0.989. The van der Waals surface area contributed by atoms with Crippen LogP contribution in [-0.2, 0) is 0 Å². The average molecular weight is 236 g/mol. The monoisotopic (exact) mass is 236 g/mol. The molecule has 0 atom stereocenters. The van der Waals surface area contributed by atoms with Crippen molar-refractivity contribution in [2.45, 2.75) is 6.92 Å². The maximum atomic E-state index is 11.8. The molecule has 1 aromatic heterocycles. The fourth-order valence-electron chi connectivity index (χ4n) is 1.22. The molecule has 82 valence electrons. The number of carbonyl (C=O) groups excluding carboxylic acids is 1. The molecule has 0 radical (unpaired) electrons. The predicted molar refractivity (Wildman–Crippen MR) is 58.5 cm³/mol. The van der Waals surface area contributed by atoms with Gasteiger partial charge in [-0.1, -0.05) is 15.7 Å². The van der Waals surface area contributed by atoms with Crippen molar-refractivity contribution >= 4 is 22.6 Å². The van der Waals surface area contributed by atoms with Gasteiger partial charge in [0.05, 0.1) is 0 Å². The Labute approximate surface area is 95.1 Å². The highest BCUT2D eigenvalue weighted by Crippen LogP contribution is 2.20. The van der Waals surface area contributed by atoms with Crippen LogP contribution < -0.4 is 5.32 Å². The fourth-order valence-corrected chi connectivity index (χ4v) is 1.58. The van der Waals surface area contributed by atoms with E-state index in [1.165, 1.54) is 6.07 Å². The van der Waals surface area contributed by atoms with Crippen molar-refractivity contribution in [3.05, 3.63) is 29.3 Å². The normalized spacial score (nSPS) is 10.1. The van der Waals surface area contributed by atoms with Gasteiger partial charge in [0.1, 0.15) is 5.75 Å². The van der Waals surface area contributed by atoms with Gasteiger partial charge < -0.3 is 5.11 Å². The zero-order valence-corrected chi connectivity index (χ0v) is 9.15. The first-order valence-electron chi connectivity index (χ1n) is 4.43. The van der Waals surface area contributed by atoms with Gasteiger partial charge in [-0.3, -0.25) is 10.1 Å². The molecule has 2 N–H and O–H groups in total. The number of hydrogen-bond acceptors (Lipinski definition) is 6. The molecule has 0 bridgehead atoms. The summed E-state index contributed by atoms with van der Waals surface area (Å²) in [5.74, 6) is -0.255. The molecule has 7 heteroatoms. The first-order valence-corrected chi connectivity index (χ1v) is 5.21. The largest absolute Gasteiger partial charge is 0.508 e. The van der Waals surface area contributed by atoms with Crippen molar-refractivity contribution in [2.75, 3.05) is 5.32 Å². The fraction of sp³-hybridized carbons (Fsp3) is 0.111. The molecule has 16 heavy (non-hydrogen) atoms. The number of amides is 1. The third-order valence-electron chi connectivity index (χ3n) is 2.07. The number of aromatic hydroxyl groups is 1. The highest BCUT2D eigenvalue weighted by Gasteiger charge is 2.12. The van der Waals surface area contributed by atoms with Crippen molar-refractivity contribution in [3.63, 3.8) is 0 Å². The first-order chi connectivity index (χ1) is 7.68. The molecule has 1 heterocycles. The quantitative estimate of drug-likeness (QED) is 0.818. The lowest BCUT2D eigenvalue weighted by Gasteiger charge is -2.05. The summed E-state index contributed by atoms with van der Waals surface area (Å²) in [6, 6.07) is 4.76. The molecular formula is C9H8N4O2S. The topological polar surface area (TPSA) is 88.0 Å². The van der Waals surface area contributed by atoms with Crippen molar-refractivity contribution < 1.29 is 9.90 Å². The molecule has 0 saturated heterocycles. The van der Waals surface area contributed by atoms with Crippen molar-refractivity contribution in [1.82, 2.24) is 14.8 Å². The number of phenols is 1. The molecule has 0 aliphatic heterocycles. The van der Waals surface area contributed by atoms with Crippen molar-refractivity contribution in [3.8, 4) is 5.75 Å². The number of benzene rings is 1. The van der Waals surface area contributed by atoms with E-state index < -0.39 is 0 Å². The van der Waals surface area contributed by atoms with E-state index in [0.29, 0.717) is 16.3 Å². The standard InChI is InChI=1S/C9H8N4O2S/c1-5-6(3-2-4-7(5)14)8(15)10-9-11-12-13-16-9/h2-4,14H,1H3,(H,10,11,13,15). The Morgan fingerprint density at radius 3 is 3.00 bits per heavy atom. The van der Waals surface area contributed by atoms with Crippen LogP contribution >= 0.6 is 11.5 Å². The first kappa shape index (κ1) is 10.5. The van der Waals surface area contributed by atoms with E-state index in [9.17, 15) is 9.90 Å². The lowest BCUT2D eigenvalue weighted by Crippen LogP contribution is -2.13. The number of nitrogens with zero attached hydrogens (tertiary/aromatic N) is 3.